The molecule has 2 aromatic carbocycles. The van der Waals surface area contributed by atoms with Gasteiger partial charge < -0.3 is 15.5 Å². The molecule has 2 N–H and O–H groups in total. The molecule has 3 aromatic rings. The number of benzene rings is 2. The Kier molecular flexibility index (Phi) is 5.82. The second kappa shape index (κ2) is 8.31. The predicted octanol–water partition coefficient (Wildman–Crippen LogP) is 4.48. The van der Waals surface area contributed by atoms with Crippen LogP contribution in [0.3, 0.4) is 0 Å². The first kappa shape index (κ1) is 20.3. The number of amides is 1. The maximum Gasteiger partial charge on any atom is 0.270 e. The fraction of sp³-hybridized carbons (Fsp3) is 0.261. The fourth-order valence-electron chi connectivity index (χ4n) is 2.74. The Morgan fingerprint density at radius 3 is 2.17 bits per heavy atom. The molecule has 1 amide bonds. The van der Waals surface area contributed by atoms with E-state index in [0.717, 1.165) is 16.9 Å². The lowest BCUT2D eigenvalue weighted by molar-refractivity contribution is 0.0914. The smallest absolute Gasteiger partial charge is 0.270 e. The lowest BCUT2D eigenvalue weighted by Crippen LogP contribution is -2.41. The summed E-state index contributed by atoms with van der Waals surface area (Å²) in [5, 5.41) is 6.25. The van der Waals surface area contributed by atoms with Crippen LogP contribution in [0.15, 0.2) is 60.7 Å². The van der Waals surface area contributed by atoms with Gasteiger partial charge in [-0.2, -0.15) is 0 Å². The van der Waals surface area contributed by atoms with Gasteiger partial charge >= 0.3 is 0 Å². The minimum absolute atomic E-state index is 0.233. The summed E-state index contributed by atoms with van der Waals surface area (Å²) < 4.78 is 0. The molecule has 29 heavy (non-hydrogen) atoms. The molecule has 0 aliphatic rings. The number of carbonyl (C=O) groups excluding carboxylic acids is 1. The molecule has 0 saturated carbocycles. The standard InChI is InChI=1S/C23H27N5O/c1-23(2,3)27-22(29)19-15-20(24-17-11-13-18(14-12-17)28(4)5)26-21(25-19)16-9-7-6-8-10-16/h6-15H,1-5H3,(H,27,29)(H,24,25,26). The van der Waals surface area contributed by atoms with E-state index in [0.29, 0.717) is 17.3 Å². The molecule has 150 valence electrons. The molecule has 6 nitrogen and oxygen atoms in total. The van der Waals surface area contributed by atoms with Crippen molar-refractivity contribution in [3.05, 3.63) is 66.4 Å². The molecule has 1 aromatic heterocycles. The first-order valence-corrected chi connectivity index (χ1v) is 9.53. The summed E-state index contributed by atoms with van der Waals surface area (Å²) in [5.41, 5.74) is 2.80. The minimum atomic E-state index is -0.357. The molecule has 0 bridgehead atoms. The monoisotopic (exact) mass is 389 g/mol. The number of hydrogen-bond acceptors (Lipinski definition) is 5. The van der Waals surface area contributed by atoms with Crippen LogP contribution in [0.25, 0.3) is 11.4 Å². The van der Waals surface area contributed by atoms with Crippen molar-refractivity contribution >= 4 is 23.1 Å². The van der Waals surface area contributed by atoms with E-state index in [1.165, 1.54) is 0 Å². The molecule has 0 aliphatic heterocycles. The Balaban J connectivity index is 1.96. The van der Waals surface area contributed by atoms with Crippen LogP contribution in [-0.4, -0.2) is 35.5 Å². The second-order valence-electron chi connectivity index (χ2n) is 8.10. The van der Waals surface area contributed by atoms with Crippen LogP contribution in [0.1, 0.15) is 31.3 Å². The zero-order chi connectivity index (χ0) is 21.0. The quantitative estimate of drug-likeness (QED) is 0.673. The molecular weight excluding hydrogens is 362 g/mol. The highest BCUT2D eigenvalue weighted by Gasteiger charge is 2.18. The third kappa shape index (κ3) is 5.54. The molecule has 0 aliphatic carbocycles. The Hall–Kier alpha value is -3.41. The van der Waals surface area contributed by atoms with E-state index in [-0.39, 0.29) is 11.4 Å². The molecule has 0 spiro atoms. The van der Waals surface area contributed by atoms with Gasteiger partial charge in [-0.15, -0.1) is 0 Å². The van der Waals surface area contributed by atoms with Crippen molar-refractivity contribution in [2.24, 2.45) is 0 Å². The summed E-state index contributed by atoms with van der Waals surface area (Å²) in [4.78, 5) is 23.9. The SMILES string of the molecule is CN(C)c1ccc(Nc2cc(C(=O)NC(C)(C)C)nc(-c3ccccc3)n2)cc1. The van der Waals surface area contributed by atoms with E-state index < -0.39 is 0 Å². The Morgan fingerprint density at radius 2 is 1.59 bits per heavy atom. The van der Waals surface area contributed by atoms with Gasteiger partial charge in [-0.1, -0.05) is 30.3 Å². The minimum Gasteiger partial charge on any atom is -0.378 e. The van der Waals surface area contributed by atoms with Crippen LogP contribution >= 0.6 is 0 Å². The Labute approximate surface area is 172 Å². The fourth-order valence-corrected chi connectivity index (χ4v) is 2.74. The lowest BCUT2D eigenvalue weighted by Gasteiger charge is -2.20. The van der Waals surface area contributed by atoms with Crippen molar-refractivity contribution < 1.29 is 4.79 Å². The molecule has 0 atom stereocenters. The third-order valence-electron chi connectivity index (χ3n) is 4.14. The van der Waals surface area contributed by atoms with Crippen LogP contribution in [0.5, 0.6) is 0 Å². The van der Waals surface area contributed by atoms with Gasteiger partial charge in [0.05, 0.1) is 0 Å². The van der Waals surface area contributed by atoms with Gasteiger partial charge in [-0.05, 0) is 45.0 Å². The molecule has 0 fully saturated rings. The molecule has 0 saturated heterocycles. The average Bonchev–Trinajstić information content (AvgIpc) is 2.67. The zero-order valence-electron chi connectivity index (χ0n) is 17.5. The van der Waals surface area contributed by atoms with Crippen LogP contribution < -0.4 is 15.5 Å². The van der Waals surface area contributed by atoms with Gasteiger partial charge in [0.25, 0.3) is 5.91 Å². The van der Waals surface area contributed by atoms with Crippen molar-refractivity contribution in [3.63, 3.8) is 0 Å². The van der Waals surface area contributed by atoms with E-state index in [1.54, 1.807) is 6.07 Å². The van der Waals surface area contributed by atoms with Gasteiger partial charge in [0, 0.05) is 42.6 Å². The number of nitrogens with zero attached hydrogens (tertiary/aromatic N) is 3. The Morgan fingerprint density at radius 1 is 0.931 bits per heavy atom. The zero-order valence-corrected chi connectivity index (χ0v) is 17.5. The predicted molar refractivity (Wildman–Crippen MR) is 119 cm³/mol. The first-order valence-electron chi connectivity index (χ1n) is 9.53. The number of nitrogens with one attached hydrogen (secondary N) is 2. The van der Waals surface area contributed by atoms with Crippen molar-refractivity contribution in [1.82, 2.24) is 15.3 Å². The highest BCUT2D eigenvalue weighted by molar-refractivity contribution is 5.94. The largest absolute Gasteiger partial charge is 0.378 e. The highest BCUT2D eigenvalue weighted by atomic mass is 16.2. The topological polar surface area (TPSA) is 70.2 Å². The van der Waals surface area contributed by atoms with Gasteiger partial charge in [0.2, 0.25) is 0 Å². The number of carbonyl (C=O) groups is 1. The number of hydrogen-bond donors (Lipinski definition) is 2. The molecule has 6 heteroatoms. The number of rotatable bonds is 5. The molecule has 3 rings (SSSR count). The summed E-state index contributed by atoms with van der Waals surface area (Å²) in [7, 11) is 4.00. The Bertz CT molecular complexity index is 976. The summed E-state index contributed by atoms with van der Waals surface area (Å²) in [5.74, 6) is 0.832. The molecule has 0 unspecified atom stereocenters. The maximum atomic E-state index is 12.7. The van der Waals surface area contributed by atoms with Gasteiger partial charge in [0.15, 0.2) is 5.82 Å². The van der Waals surface area contributed by atoms with Crippen LogP contribution in [0.4, 0.5) is 17.2 Å². The second-order valence-corrected chi connectivity index (χ2v) is 8.10. The van der Waals surface area contributed by atoms with Gasteiger partial charge in [-0.25, -0.2) is 9.97 Å². The van der Waals surface area contributed by atoms with E-state index in [1.807, 2.05) is 94.4 Å². The summed E-state index contributed by atoms with van der Waals surface area (Å²) in [6, 6.07) is 19.3. The van der Waals surface area contributed by atoms with Crippen LogP contribution in [0, 0.1) is 0 Å². The normalized spacial score (nSPS) is 11.1. The van der Waals surface area contributed by atoms with E-state index in [4.69, 9.17) is 0 Å². The van der Waals surface area contributed by atoms with Crippen LogP contribution in [0.2, 0.25) is 0 Å². The highest BCUT2D eigenvalue weighted by Crippen LogP contribution is 2.22. The summed E-state index contributed by atoms with van der Waals surface area (Å²) >= 11 is 0. The first-order chi connectivity index (χ1) is 13.7. The maximum absolute atomic E-state index is 12.7. The third-order valence-corrected chi connectivity index (χ3v) is 4.14. The molecular formula is C23H27N5O. The van der Waals surface area contributed by atoms with Crippen LogP contribution in [-0.2, 0) is 0 Å². The van der Waals surface area contributed by atoms with E-state index in [2.05, 4.69) is 20.6 Å². The van der Waals surface area contributed by atoms with E-state index in [9.17, 15) is 4.79 Å². The number of aromatic nitrogens is 2. The summed E-state index contributed by atoms with van der Waals surface area (Å²) in [6.07, 6.45) is 0. The summed E-state index contributed by atoms with van der Waals surface area (Å²) in [6.45, 7) is 5.82. The molecule has 1 heterocycles. The van der Waals surface area contributed by atoms with Crippen molar-refractivity contribution in [2.75, 3.05) is 24.3 Å². The van der Waals surface area contributed by atoms with E-state index >= 15 is 0 Å². The van der Waals surface area contributed by atoms with Crippen molar-refractivity contribution in [1.29, 1.82) is 0 Å². The molecule has 0 radical (unpaired) electrons. The van der Waals surface area contributed by atoms with Crippen molar-refractivity contribution in [3.8, 4) is 11.4 Å². The lowest BCUT2D eigenvalue weighted by atomic mass is 10.1. The average molecular weight is 390 g/mol. The van der Waals surface area contributed by atoms with Gasteiger partial charge in [0.1, 0.15) is 11.5 Å². The number of anilines is 3. The van der Waals surface area contributed by atoms with Crippen molar-refractivity contribution in [2.45, 2.75) is 26.3 Å². The van der Waals surface area contributed by atoms with Gasteiger partial charge in [-0.3, -0.25) is 4.79 Å².